The molecule has 0 radical (unpaired) electrons. The van der Waals surface area contributed by atoms with Crippen LogP contribution < -0.4 is 5.32 Å². The van der Waals surface area contributed by atoms with Crippen LogP contribution in [0.1, 0.15) is 25.5 Å². The lowest BCUT2D eigenvalue weighted by Gasteiger charge is -2.13. The van der Waals surface area contributed by atoms with Crippen molar-refractivity contribution in [2.45, 2.75) is 26.3 Å². The third-order valence-corrected chi connectivity index (χ3v) is 4.00. The van der Waals surface area contributed by atoms with Crippen LogP contribution in [0.25, 0.3) is 10.9 Å². The Hall–Kier alpha value is -1.03. The average molecular weight is 281 g/mol. The van der Waals surface area contributed by atoms with Crippen LogP contribution in [0.5, 0.6) is 0 Å². The van der Waals surface area contributed by atoms with Crippen molar-refractivity contribution in [1.82, 2.24) is 10.3 Å². The predicted octanol–water partition coefficient (Wildman–Crippen LogP) is 3.32. The highest BCUT2D eigenvalue weighted by Crippen LogP contribution is 2.26. The molecule has 0 spiro atoms. The van der Waals surface area contributed by atoms with Gasteiger partial charge in [0.2, 0.25) is 0 Å². The molecule has 2 rings (SSSR count). The van der Waals surface area contributed by atoms with Gasteiger partial charge in [-0.15, -0.1) is 0 Å². The average Bonchev–Trinajstić information content (AvgIpc) is 2.75. The van der Waals surface area contributed by atoms with Crippen molar-refractivity contribution in [1.29, 1.82) is 0 Å². The molecule has 0 saturated heterocycles. The minimum Gasteiger partial charge on any atom is -0.396 e. The molecular formula is C15H21ClN2O. The zero-order valence-electron chi connectivity index (χ0n) is 11.2. The van der Waals surface area contributed by atoms with Gasteiger partial charge < -0.3 is 15.4 Å². The lowest BCUT2D eigenvalue weighted by Crippen LogP contribution is -2.23. The molecule has 0 aliphatic heterocycles. The van der Waals surface area contributed by atoms with Gasteiger partial charge in [-0.05, 0) is 24.9 Å². The van der Waals surface area contributed by atoms with E-state index in [0.29, 0.717) is 5.92 Å². The van der Waals surface area contributed by atoms with E-state index >= 15 is 0 Å². The van der Waals surface area contributed by atoms with Crippen LogP contribution in [0.3, 0.4) is 0 Å². The summed E-state index contributed by atoms with van der Waals surface area (Å²) in [6, 6.07) is 8.05. The molecule has 3 nitrogen and oxygen atoms in total. The molecule has 1 unspecified atom stereocenters. The van der Waals surface area contributed by atoms with Crippen LogP contribution in [0.2, 0.25) is 5.02 Å². The third kappa shape index (κ3) is 3.50. The molecule has 2 aromatic rings. The normalized spacial score (nSPS) is 13.0. The van der Waals surface area contributed by atoms with Crippen molar-refractivity contribution >= 4 is 22.5 Å². The molecule has 104 valence electrons. The number of benzene rings is 1. The maximum absolute atomic E-state index is 8.97. The lowest BCUT2D eigenvalue weighted by atomic mass is 10.0. The van der Waals surface area contributed by atoms with Crippen LogP contribution >= 0.6 is 11.6 Å². The number of hydrogen-bond acceptors (Lipinski definition) is 2. The second kappa shape index (κ2) is 6.94. The first-order chi connectivity index (χ1) is 9.26. The number of rotatable bonds is 7. The van der Waals surface area contributed by atoms with Crippen LogP contribution in [0.15, 0.2) is 24.3 Å². The highest BCUT2D eigenvalue weighted by Gasteiger charge is 2.10. The fraction of sp³-hybridized carbons (Fsp3) is 0.467. The van der Waals surface area contributed by atoms with E-state index in [1.165, 1.54) is 0 Å². The molecule has 0 fully saturated rings. The minimum absolute atomic E-state index is 0.257. The summed E-state index contributed by atoms with van der Waals surface area (Å²) in [5, 5.41) is 14.3. The number of nitrogens with one attached hydrogen (secondary N) is 2. The van der Waals surface area contributed by atoms with E-state index < -0.39 is 0 Å². The first-order valence-electron chi connectivity index (χ1n) is 6.83. The maximum atomic E-state index is 8.97. The number of H-pyrrole nitrogens is 1. The molecule has 3 N–H and O–H groups in total. The molecule has 1 aromatic heterocycles. The number of aromatic nitrogens is 1. The van der Waals surface area contributed by atoms with Crippen LogP contribution in [0.4, 0.5) is 0 Å². The van der Waals surface area contributed by atoms with Gasteiger partial charge in [0.15, 0.2) is 0 Å². The van der Waals surface area contributed by atoms with Gasteiger partial charge in [0.1, 0.15) is 0 Å². The quantitative estimate of drug-likeness (QED) is 0.729. The highest BCUT2D eigenvalue weighted by atomic mass is 35.5. The summed E-state index contributed by atoms with van der Waals surface area (Å²) < 4.78 is 0. The molecule has 1 aromatic carbocycles. The number of fused-ring (bicyclic) bond motifs is 1. The summed E-state index contributed by atoms with van der Waals surface area (Å²) in [6.07, 6.45) is 1.93. The van der Waals surface area contributed by atoms with Crippen LogP contribution in [0, 0.1) is 5.92 Å². The molecule has 1 heterocycles. The Bertz CT molecular complexity index is 524. The van der Waals surface area contributed by atoms with Crippen molar-refractivity contribution in [2.24, 2.45) is 5.92 Å². The van der Waals surface area contributed by atoms with Gasteiger partial charge in [0.05, 0.1) is 5.02 Å². The third-order valence-electron chi connectivity index (χ3n) is 3.56. The van der Waals surface area contributed by atoms with Crippen molar-refractivity contribution in [3.05, 3.63) is 35.0 Å². The smallest absolute Gasteiger partial charge is 0.0705 e. The second-order valence-corrected chi connectivity index (χ2v) is 5.26. The summed E-state index contributed by atoms with van der Waals surface area (Å²) in [5.41, 5.74) is 2.11. The Morgan fingerprint density at radius 3 is 2.84 bits per heavy atom. The fourth-order valence-corrected chi connectivity index (χ4v) is 2.60. The Morgan fingerprint density at radius 2 is 2.16 bits per heavy atom. The van der Waals surface area contributed by atoms with Crippen LogP contribution in [-0.2, 0) is 6.54 Å². The number of aliphatic hydroxyl groups excluding tert-OH is 1. The zero-order valence-corrected chi connectivity index (χ0v) is 12.0. The molecule has 19 heavy (non-hydrogen) atoms. The van der Waals surface area contributed by atoms with Gasteiger partial charge in [-0.3, -0.25) is 0 Å². The van der Waals surface area contributed by atoms with E-state index in [1.54, 1.807) is 0 Å². The lowest BCUT2D eigenvalue weighted by molar-refractivity contribution is 0.251. The van der Waals surface area contributed by atoms with E-state index in [1.807, 2.05) is 24.3 Å². The Balaban J connectivity index is 1.96. The largest absolute Gasteiger partial charge is 0.396 e. The number of hydrogen-bond donors (Lipinski definition) is 3. The maximum Gasteiger partial charge on any atom is 0.0705 e. The summed E-state index contributed by atoms with van der Waals surface area (Å²) in [5.74, 6) is 0.521. The monoisotopic (exact) mass is 280 g/mol. The van der Waals surface area contributed by atoms with E-state index in [-0.39, 0.29) is 6.61 Å². The number of aliphatic hydroxyl groups is 1. The van der Waals surface area contributed by atoms with Crippen LogP contribution in [-0.4, -0.2) is 23.2 Å². The van der Waals surface area contributed by atoms with Gasteiger partial charge >= 0.3 is 0 Å². The minimum atomic E-state index is 0.257. The molecule has 0 aliphatic rings. The van der Waals surface area contributed by atoms with Crippen molar-refractivity contribution < 1.29 is 5.11 Å². The molecular weight excluding hydrogens is 260 g/mol. The Kier molecular flexibility index (Phi) is 5.25. The van der Waals surface area contributed by atoms with Gasteiger partial charge in [0, 0.05) is 29.7 Å². The standard InChI is InChI=1S/C15H21ClN2O/c1-2-11(7-8-19)9-17-10-14-15(16)12-5-3-4-6-13(12)18-14/h3-6,11,17-19H,2,7-10H2,1H3. The van der Waals surface area contributed by atoms with E-state index in [9.17, 15) is 0 Å². The molecule has 0 aliphatic carbocycles. The fourth-order valence-electron chi connectivity index (χ4n) is 2.32. The van der Waals surface area contributed by atoms with Gasteiger partial charge in [-0.2, -0.15) is 0 Å². The topological polar surface area (TPSA) is 48.0 Å². The van der Waals surface area contributed by atoms with Gasteiger partial charge in [-0.1, -0.05) is 43.1 Å². The summed E-state index contributed by atoms with van der Waals surface area (Å²) in [4.78, 5) is 3.34. The molecule has 0 amide bonds. The zero-order chi connectivity index (χ0) is 13.7. The number of aromatic amines is 1. The molecule has 0 saturated carbocycles. The first-order valence-corrected chi connectivity index (χ1v) is 7.20. The van der Waals surface area contributed by atoms with E-state index in [0.717, 1.165) is 47.6 Å². The van der Waals surface area contributed by atoms with E-state index in [2.05, 4.69) is 17.2 Å². The molecule has 4 heteroatoms. The van der Waals surface area contributed by atoms with Crippen molar-refractivity contribution in [3.63, 3.8) is 0 Å². The number of para-hydroxylation sites is 1. The number of halogens is 1. The Morgan fingerprint density at radius 1 is 1.37 bits per heavy atom. The van der Waals surface area contributed by atoms with E-state index in [4.69, 9.17) is 16.7 Å². The summed E-state index contributed by atoms with van der Waals surface area (Å²) in [6.45, 7) is 4.05. The van der Waals surface area contributed by atoms with Gasteiger partial charge in [-0.25, -0.2) is 0 Å². The SMILES string of the molecule is CCC(CCO)CNCc1[nH]c2ccccc2c1Cl. The first kappa shape index (κ1) is 14.4. The summed E-state index contributed by atoms with van der Waals surface area (Å²) in [7, 11) is 0. The second-order valence-electron chi connectivity index (χ2n) is 4.88. The molecule has 0 bridgehead atoms. The van der Waals surface area contributed by atoms with Crippen molar-refractivity contribution in [2.75, 3.05) is 13.2 Å². The van der Waals surface area contributed by atoms with Crippen molar-refractivity contribution in [3.8, 4) is 0 Å². The molecule has 1 atom stereocenters. The highest BCUT2D eigenvalue weighted by molar-refractivity contribution is 6.36. The summed E-state index contributed by atoms with van der Waals surface area (Å²) >= 11 is 6.36. The Labute approximate surface area is 119 Å². The van der Waals surface area contributed by atoms with Gasteiger partial charge in [0.25, 0.3) is 0 Å². The predicted molar refractivity (Wildman–Crippen MR) is 80.5 cm³/mol.